The molecule has 1 aromatic rings. The number of rotatable bonds is 5. The lowest BCUT2D eigenvalue weighted by molar-refractivity contribution is 0.164. The number of likely N-dealkylation sites (tertiary alicyclic amines) is 1. The molecule has 0 radical (unpaired) electrons. The standard InChI is InChI=1S/C20H36N6/c1-5-22-19(23-15-20(24(3)4)9-6-7-10-20)25-12-8-17(2)18(14-25)26-13-11-21-16-26/h11,13,16-18H,5-10,12,14-15H2,1-4H3,(H,22,23). The van der Waals surface area contributed by atoms with Crippen LogP contribution in [0.5, 0.6) is 0 Å². The first-order valence-electron chi connectivity index (χ1n) is 10.2. The lowest BCUT2D eigenvalue weighted by atomic mass is 9.93. The summed E-state index contributed by atoms with van der Waals surface area (Å²) in [7, 11) is 4.43. The highest BCUT2D eigenvalue weighted by Crippen LogP contribution is 2.34. The lowest BCUT2D eigenvalue weighted by Crippen LogP contribution is -2.50. The Morgan fingerprint density at radius 1 is 1.35 bits per heavy atom. The molecule has 0 aromatic carbocycles. The second kappa shape index (κ2) is 8.42. The summed E-state index contributed by atoms with van der Waals surface area (Å²) < 4.78 is 2.26. The molecule has 0 spiro atoms. The molecular formula is C20H36N6. The van der Waals surface area contributed by atoms with Crippen LogP contribution in [0.25, 0.3) is 0 Å². The van der Waals surface area contributed by atoms with E-state index in [4.69, 9.17) is 4.99 Å². The van der Waals surface area contributed by atoms with Gasteiger partial charge in [-0.25, -0.2) is 4.98 Å². The van der Waals surface area contributed by atoms with E-state index in [0.29, 0.717) is 12.0 Å². The van der Waals surface area contributed by atoms with E-state index in [2.05, 4.69) is 58.8 Å². The molecule has 6 heteroatoms. The topological polar surface area (TPSA) is 48.7 Å². The molecule has 2 fully saturated rings. The smallest absolute Gasteiger partial charge is 0.194 e. The van der Waals surface area contributed by atoms with Crippen LogP contribution in [0.2, 0.25) is 0 Å². The number of piperidine rings is 1. The molecule has 0 bridgehead atoms. The summed E-state index contributed by atoms with van der Waals surface area (Å²) in [4.78, 5) is 14.2. The number of nitrogens with zero attached hydrogens (tertiary/aromatic N) is 5. The zero-order valence-corrected chi connectivity index (χ0v) is 17.0. The van der Waals surface area contributed by atoms with Gasteiger partial charge in [-0.05, 0) is 46.2 Å². The van der Waals surface area contributed by atoms with Crippen molar-refractivity contribution in [3.63, 3.8) is 0 Å². The second-order valence-corrected chi connectivity index (χ2v) is 8.29. The van der Waals surface area contributed by atoms with Gasteiger partial charge in [-0.2, -0.15) is 0 Å². The Morgan fingerprint density at radius 2 is 2.12 bits per heavy atom. The van der Waals surface area contributed by atoms with Gasteiger partial charge in [0.1, 0.15) is 0 Å². The van der Waals surface area contributed by atoms with Gasteiger partial charge in [-0.15, -0.1) is 0 Å². The highest BCUT2D eigenvalue weighted by Gasteiger charge is 2.36. The Bertz CT molecular complexity index is 573. The maximum atomic E-state index is 5.12. The number of imidazole rings is 1. The second-order valence-electron chi connectivity index (χ2n) is 8.29. The van der Waals surface area contributed by atoms with Crippen LogP contribution < -0.4 is 5.32 Å². The zero-order chi connectivity index (χ0) is 18.6. The summed E-state index contributed by atoms with van der Waals surface area (Å²) in [5.41, 5.74) is 0.244. The van der Waals surface area contributed by atoms with Crippen LogP contribution in [0.3, 0.4) is 0 Å². The summed E-state index contributed by atoms with van der Waals surface area (Å²) in [6, 6.07) is 0.462. The molecule has 1 saturated carbocycles. The summed E-state index contributed by atoms with van der Waals surface area (Å²) in [5, 5.41) is 3.55. The fourth-order valence-electron chi connectivity index (χ4n) is 4.52. The Balaban J connectivity index is 1.74. The monoisotopic (exact) mass is 360 g/mol. The van der Waals surface area contributed by atoms with Crippen molar-refractivity contribution in [2.24, 2.45) is 10.9 Å². The van der Waals surface area contributed by atoms with Gasteiger partial charge in [0.05, 0.1) is 18.9 Å². The number of aliphatic imine (C=N–C) groups is 1. The quantitative estimate of drug-likeness (QED) is 0.648. The first kappa shape index (κ1) is 19.2. The SMILES string of the molecule is CCNC(=NCC1(N(C)C)CCCC1)N1CCC(C)C(n2ccnc2)C1. The van der Waals surface area contributed by atoms with E-state index in [1.807, 2.05) is 12.5 Å². The molecule has 146 valence electrons. The van der Waals surface area contributed by atoms with E-state index in [1.165, 1.54) is 32.1 Å². The van der Waals surface area contributed by atoms with E-state index in [-0.39, 0.29) is 5.54 Å². The summed E-state index contributed by atoms with van der Waals surface area (Å²) in [6.45, 7) is 8.39. The van der Waals surface area contributed by atoms with E-state index in [9.17, 15) is 0 Å². The molecule has 6 nitrogen and oxygen atoms in total. The molecule has 1 saturated heterocycles. The Morgan fingerprint density at radius 3 is 2.73 bits per heavy atom. The minimum Gasteiger partial charge on any atom is -0.357 e. The Labute approximate surface area is 158 Å². The fourth-order valence-corrected chi connectivity index (χ4v) is 4.52. The van der Waals surface area contributed by atoms with Crippen molar-refractivity contribution in [3.8, 4) is 0 Å². The van der Waals surface area contributed by atoms with Gasteiger partial charge in [0.25, 0.3) is 0 Å². The number of guanidine groups is 1. The molecular weight excluding hydrogens is 324 g/mol. The number of hydrogen-bond donors (Lipinski definition) is 1. The minimum absolute atomic E-state index is 0.244. The third-order valence-corrected chi connectivity index (χ3v) is 6.47. The molecule has 2 aliphatic rings. The molecule has 1 N–H and O–H groups in total. The van der Waals surface area contributed by atoms with Crippen LogP contribution in [0.4, 0.5) is 0 Å². The molecule has 0 amide bonds. The third-order valence-electron chi connectivity index (χ3n) is 6.47. The van der Waals surface area contributed by atoms with Gasteiger partial charge in [0.15, 0.2) is 5.96 Å². The van der Waals surface area contributed by atoms with Gasteiger partial charge in [-0.3, -0.25) is 4.99 Å². The largest absolute Gasteiger partial charge is 0.357 e. The van der Waals surface area contributed by atoms with Crippen molar-refractivity contribution in [1.29, 1.82) is 0 Å². The molecule has 2 heterocycles. The molecule has 2 atom stereocenters. The number of hydrogen-bond acceptors (Lipinski definition) is 3. The summed E-state index contributed by atoms with van der Waals surface area (Å²) >= 11 is 0. The van der Waals surface area contributed by atoms with Gasteiger partial charge in [-0.1, -0.05) is 19.8 Å². The average molecular weight is 361 g/mol. The van der Waals surface area contributed by atoms with Crippen molar-refractivity contribution >= 4 is 5.96 Å². The maximum Gasteiger partial charge on any atom is 0.194 e. The molecule has 26 heavy (non-hydrogen) atoms. The van der Waals surface area contributed by atoms with Crippen LogP contribution in [-0.2, 0) is 0 Å². The highest BCUT2D eigenvalue weighted by molar-refractivity contribution is 5.80. The molecule has 1 aromatic heterocycles. The first-order valence-corrected chi connectivity index (χ1v) is 10.2. The van der Waals surface area contributed by atoms with E-state index >= 15 is 0 Å². The average Bonchev–Trinajstić information content (AvgIpc) is 3.31. The van der Waals surface area contributed by atoms with Gasteiger partial charge >= 0.3 is 0 Å². The highest BCUT2D eigenvalue weighted by atomic mass is 15.3. The molecule has 1 aliphatic carbocycles. The third kappa shape index (κ3) is 4.05. The van der Waals surface area contributed by atoms with Crippen molar-refractivity contribution in [1.82, 2.24) is 24.7 Å². The van der Waals surface area contributed by atoms with Crippen LogP contribution in [0, 0.1) is 5.92 Å². The maximum absolute atomic E-state index is 5.12. The first-order chi connectivity index (χ1) is 12.6. The van der Waals surface area contributed by atoms with E-state index in [1.54, 1.807) is 0 Å². The normalized spacial score (nSPS) is 26.5. The van der Waals surface area contributed by atoms with Crippen molar-refractivity contribution in [2.75, 3.05) is 40.3 Å². The summed E-state index contributed by atoms with van der Waals surface area (Å²) in [5.74, 6) is 1.74. The van der Waals surface area contributed by atoms with Gasteiger partial charge < -0.3 is 19.7 Å². The van der Waals surface area contributed by atoms with Crippen molar-refractivity contribution in [3.05, 3.63) is 18.7 Å². The summed E-state index contributed by atoms with van der Waals surface area (Å²) in [6.07, 6.45) is 12.3. The number of nitrogens with one attached hydrogen (secondary N) is 1. The van der Waals surface area contributed by atoms with E-state index < -0.39 is 0 Å². The van der Waals surface area contributed by atoms with Gasteiger partial charge in [0, 0.05) is 37.6 Å². The van der Waals surface area contributed by atoms with Crippen LogP contribution in [-0.4, -0.2) is 71.1 Å². The predicted molar refractivity (Wildman–Crippen MR) is 107 cm³/mol. The van der Waals surface area contributed by atoms with Crippen LogP contribution in [0.1, 0.15) is 52.0 Å². The predicted octanol–water partition coefficient (Wildman–Crippen LogP) is 2.61. The molecule has 1 aliphatic heterocycles. The van der Waals surface area contributed by atoms with Crippen molar-refractivity contribution in [2.45, 2.75) is 57.5 Å². The lowest BCUT2D eigenvalue weighted by Gasteiger charge is -2.40. The van der Waals surface area contributed by atoms with Crippen LogP contribution in [0.15, 0.2) is 23.7 Å². The minimum atomic E-state index is 0.244. The van der Waals surface area contributed by atoms with E-state index in [0.717, 1.165) is 32.1 Å². The Hall–Kier alpha value is -1.56. The number of aromatic nitrogens is 2. The van der Waals surface area contributed by atoms with Crippen LogP contribution >= 0.6 is 0 Å². The zero-order valence-electron chi connectivity index (χ0n) is 17.0. The fraction of sp³-hybridized carbons (Fsp3) is 0.800. The molecule has 2 unspecified atom stereocenters. The molecule has 3 rings (SSSR count). The van der Waals surface area contributed by atoms with Gasteiger partial charge in [0.2, 0.25) is 0 Å². The number of likely N-dealkylation sites (N-methyl/N-ethyl adjacent to an activating group) is 1. The van der Waals surface area contributed by atoms with Crippen molar-refractivity contribution < 1.29 is 0 Å². The Kier molecular flexibility index (Phi) is 6.22.